The van der Waals surface area contributed by atoms with Crippen molar-refractivity contribution in [1.82, 2.24) is 10.3 Å². The fourth-order valence-corrected chi connectivity index (χ4v) is 3.48. The average molecular weight is 303 g/mol. The minimum absolute atomic E-state index is 0.131. The molecule has 0 aromatic carbocycles. The van der Waals surface area contributed by atoms with Crippen molar-refractivity contribution in [2.45, 2.75) is 50.5 Å². The smallest absolute Gasteiger partial charge is 0.255 e. The minimum Gasteiger partial charge on any atom is -0.388 e. The third kappa shape index (κ3) is 3.40. The van der Waals surface area contributed by atoms with E-state index in [-0.39, 0.29) is 5.91 Å². The zero-order valence-corrected chi connectivity index (χ0v) is 13.1. The van der Waals surface area contributed by atoms with Gasteiger partial charge in [-0.1, -0.05) is 12.8 Å². The Morgan fingerprint density at radius 3 is 2.68 bits per heavy atom. The molecule has 1 amide bonds. The van der Waals surface area contributed by atoms with E-state index in [9.17, 15) is 9.90 Å². The second kappa shape index (κ2) is 6.65. The molecule has 2 fully saturated rings. The largest absolute Gasteiger partial charge is 0.388 e. The van der Waals surface area contributed by atoms with Crippen LogP contribution in [-0.2, 0) is 0 Å². The predicted octanol–water partition coefficient (Wildman–Crippen LogP) is 2.11. The molecular weight excluding hydrogens is 278 g/mol. The maximum Gasteiger partial charge on any atom is 0.255 e. The number of rotatable bonds is 4. The zero-order valence-electron chi connectivity index (χ0n) is 13.1. The molecular formula is C17H25N3O2. The maximum absolute atomic E-state index is 12.5. The van der Waals surface area contributed by atoms with E-state index in [1.165, 1.54) is 6.42 Å². The van der Waals surface area contributed by atoms with Crippen molar-refractivity contribution in [2.75, 3.05) is 24.5 Å². The highest BCUT2D eigenvalue weighted by Crippen LogP contribution is 2.29. The van der Waals surface area contributed by atoms with Gasteiger partial charge in [0, 0.05) is 25.8 Å². The molecule has 120 valence electrons. The number of carbonyl (C=O) groups excluding carboxylic acids is 1. The van der Waals surface area contributed by atoms with Gasteiger partial charge in [-0.3, -0.25) is 4.79 Å². The van der Waals surface area contributed by atoms with Crippen LogP contribution >= 0.6 is 0 Å². The highest BCUT2D eigenvalue weighted by molar-refractivity contribution is 5.98. The number of nitrogens with zero attached hydrogens (tertiary/aromatic N) is 2. The van der Waals surface area contributed by atoms with E-state index in [1.54, 1.807) is 12.3 Å². The van der Waals surface area contributed by atoms with Gasteiger partial charge in [0.1, 0.15) is 5.82 Å². The molecule has 0 bridgehead atoms. The molecule has 1 saturated carbocycles. The van der Waals surface area contributed by atoms with Crippen molar-refractivity contribution in [3.63, 3.8) is 0 Å². The Balaban J connectivity index is 1.69. The molecule has 1 aromatic heterocycles. The maximum atomic E-state index is 12.5. The lowest BCUT2D eigenvalue weighted by molar-refractivity contribution is 0.0449. The Bertz CT molecular complexity index is 520. The van der Waals surface area contributed by atoms with Crippen LogP contribution in [0.2, 0.25) is 0 Å². The SMILES string of the molecule is O=C(NCC1(O)CCCC1)c1cccnc1N1CCCCC1. The Morgan fingerprint density at radius 1 is 1.23 bits per heavy atom. The van der Waals surface area contributed by atoms with Gasteiger partial charge in [0.2, 0.25) is 0 Å². The monoisotopic (exact) mass is 303 g/mol. The van der Waals surface area contributed by atoms with Crippen molar-refractivity contribution < 1.29 is 9.90 Å². The first-order chi connectivity index (χ1) is 10.7. The lowest BCUT2D eigenvalue weighted by atomic mass is 10.0. The van der Waals surface area contributed by atoms with E-state index in [4.69, 9.17) is 0 Å². The van der Waals surface area contributed by atoms with Gasteiger partial charge in [0.05, 0.1) is 11.2 Å². The van der Waals surface area contributed by atoms with E-state index in [0.717, 1.165) is 57.4 Å². The molecule has 22 heavy (non-hydrogen) atoms. The number of anilines is 1. The second-order valence-corrected chi connectivity index (χ2v) is 6.54. The molecule has 0 atom stereocenters. The van der Waals surface area contributed by atoms with E-state index in [0.29, 0.717) is 12.1 Å². The van der Waals surface area contributed by atoms with Gasteiger partial charge < -0.3 is 15.3 Å². The average Bonchev–Trinajstić information content (AvgIpc) is 3.01. The molecule has 0 spiro atoms. The number of amides is 1. The summed E-state index contributed by atoms with van der Waals surface area (Å²) in [5.74, 6) is 0.645. The Hall–Kier alpha value is -1.62. The highest BCUT2D eigenvalue weighted by atomic mass is 16.3. The van der Waals surface area contributed by atoms with Gasteiger partial charge in [0.15, 0.2) is 0 Å². The molecule has 2 aliphatic rings. The molecule has 5 heteroatoms. The molecule has 0 radical (unpaired) electrons. The van der Waals surface area contributed by atoms with E-state index < -0.39 is 5.60 Å². The van der Waals surface area contributed by atoms with Crippen LogP contribution in [-0.4, -0.2) is 41.2 Å². The van der Waals surface area contributed by atoms with Crippen LogP contribution in [0.1, 0.15) is 55.3 Å². The molecule has 5 nitrogen and oxygen atoms in total. The van der Waals surface area contributed by atoms with Crippen LogP contribution < -0.4 is 10.2 Å². The first kappa shape index (κ1) is 15.3. The summed E-state index contributed by atoms with van der Waals surface area (Å²) >= 11 is 0. The Morgan fingerprint density at radius 2 is 1.95 bits per heavy atom. The van der Waals surface area contributed by atoms with Crippen LogP contribution in [0.3, 0.4) is 0 Å². The Kier molecular flexibility index (Phi) is 4.62. The minimum atomic E-state index is -0.719. The van der Waals surface area contributed by atoms with Crippen molar-refractivity contribution in [3.8, 4) is 0 Å². The molecule has 2 heterocycles. The normalized spacial score (nSPS) is 20.9. The summed E-state index contributed by atoms with van der Waals surface area (Å²) in [6, 6.07) is 3.62. The number of pyridine rings is 1. The summed E-state index contributed by atoms with van der Waals surface area (Å²) in [6.07, 6.45) is 8.92. The number of hydrogen-bond donors (Lipinski definition) is 2. The molecule has 2 N–H and O–H groups in total. The van der Waals surface area contributed by atoms with E-state index >= 15 is 0 Å². The van der Waals surface area contributed by atoms with Gasteiger partial charge in [0.25, 0.3) is 5.91 Å². The van der Waals surface area contributed by atoms with Crippen molar-refractivity contribution in [3.05, 3.63) is 23.9 Å². The van der Waals surface area contributed by atoms with Gasteiger partial charge in [-0.05, 0) is 44.2 Å². The highest BCUT2D eigenvalue weighted by Gasteiger charge is 2.31. The number of nitrogens with one attached hydrogen (secondary N) is 1. The summed E-state index contributed by atoms with van der Waals surface area (Å²) in [5, 5.41) is 13.3. The number of aliphatic hydroxyl groups is 1. The van der Waals surface area contributed by atoms with Crippen LogP contribution in [0.15, 0.2) is 18.3 Å². The predicted molar refractivity (Wildman–Crippen MR) is 86.1 cm³/mol. The molecule has 1 aliphatic carbocycles. The standard InChI is InChI=1S/C17H25N3O2/c21-16(19-13-17(22)8-2-3-9-17)14-7-6-10-18-15(14)20-11-4-1-5-12-20/h6-7,10,22H,1-5,8-9,11-13H2,(H,19,21). The van der Waals surface area contributed by atoms with Gasteiger partial charge in [-0.2, -0.15) is 0 Å². The van der Waals surface area contributed by atoms with Gasteiger partial charge in [-0.15, -0.1) is 0 Å². The number of piperidine rings is 1. The van der Waals surface area contributed by atoms with Crippen LogP contribution in [0.25, 0.3) is 0 Å². The topological polar surface area (TPSA) is 65.5 Å². The quantitative estimate of drug-likeness (QED) is 0.894. The third-order valence-electron chi connectivity index (χ3n) is 4.80. The summed E-state index contributed by atoms with van der Waals surface area (Å²) in [4.78, 5) is 19.1. The van der Waals surface area contributed by atoms with Gasteiger partial charge >= 0.3 is 0 Å². The fourth-order valence-electron chi connectivity index (χ4n) is 3.48. The number of carbonyl (C=O) groups is 1. The first-order valence-electron chi connectivity index (χ1n) is 8.39. The van der Waals surface area contributed by atoms with E-state index in [1.807, 2.05) is 6.07 Å². The molecule has 1 aromatic rings. The molecule has 1 aliphatic heterocycles. The second-order valence-electron chi connectivity index (χ2n) is 6.54. The van der Waals surface area contributed by atoms with Crippen LogP contribution in [0.4, 0.5) is 5.82 Å². The van der Waals surface area contributed by atoms with Crippen molar-refractivity contribution >= 4 is 11.7 Å². The summed E-state index contributed by atoms with van der Waals surface area (Å²) in [6.45, 7) is 2.25. The molecule has 0 unspecified atom stereocenters. The fraction of sp³-hybridized carbons (Fsp3) is 0.647. The lowest BCUT2D eigenvalue weighted by Gasteiger charge is -2.29. The summed E-state index contributed by atoms with van der Waals surface area (Å²) in [7, 11) is 0. The van der Waals surface area contributed by atoms with Crippen LogP contribution in [0, 0.1) is 0 Å². The van der Waals surface area contributed by atoms with Crippen molar-refractivity contribution in [1.29, 1.82) is 0 Å². The molecule has 3 rings (SSSR count). The summed E-state index contributed by atoms with van der Waals surface area (Å²) in [5.41, 5.74) is -0.102. The summed E-state index contributed by atoms with van der Waals surface area (Å²) < 4.78 is 0. The molecule has 1 saturated heterocycles. The Labute approximate surface area is 131 Å². The third-order valence-corrected chi connectivity index (χ3v) is 4.80. The van der Waals surface area contributed by atoms with E-state index in [2.05, 4.69) is 15.2 Å². The lowest BCUT2D eigenvalue weighted by Crippen LogP contribution is -2.41. The zero-order chi connectivity index (χ0) is 15.4. The van der Waals surface area contributed by atoms with Crippen molar-refractivity contribution in [2.24, 2.45) is 0 Å². The first-order valence-corrected chi connectivity index (χ1v) is 8.39. The van der Waals surface area contributed by atoms with Gasteiger partial charge in [-0.25, -0.2) is 4.98 Å². The number of hydrogen-bond acceptors (Lipinski definition) is 4. The van der Waals surface area contributed by atoms with Crippen LogP contribution in [0.5, 0.6) is 0 Å². The number of aromatic nitrogens is 1.